The lowest BCUT2D eigenvalue weighted by Gasteiger charge is -2.12. The second-order valence-electron chi connectivity index (χ2n) is 6.61. The first-order chi connectivity index (χ1) is 14.2. The van der Waals surface area contributed by atoms with Gasteiger partial charge in [0.1, 0.15) is 11.3 Å². The number of aryl methyl sites for hydroxylation is 1. The van der Waals surface area contributed by atoms with E-state index < -0.39 is 0 Å². The van der Waals surface area contributed by atoms with Crippen LogP contribution in [0.3, 0.4) is 0 Å². The Bertz CT molecular complexity index is 1370. The molecule has 0 bridgehead atoms. The third kappa shape index (κ3) is 3.30. The Morgan fingerprint density at radius 1 is 1.00 bits per heavy atom. The van der Waals surface area contributed by atoms with Gasteiger partial charge in [0.25, 0.3) is 5.56 Å². The van der Waals surface area contributed by atoms with E-state index in [0.29, 0.717) is 33.5 Å². The predicted molar refractivity (Wildman–Crippen MR) is 113 cm³/mol. The Morgan fingerprint density at radius 3 is 2.62 bits per heavy atom. The summed E-state index contributed by atoms with van der Waals surface area (Å²) in [7, 11) is 0. The van der Waals surface area contributed by atoms with E-state index in [1.807, 2.05) is 61.5 Å². The molecule has 0 saturated heterocycles. The van der Waals surface area contributed by atoms with Crippen molar-refractivity contribution in [2.24, 2.45) is 0 Å². The van der Waals surface area contributed by atoms with E-state index in [9.17, 15) is 4.79 Å². The molecular formula is C22H16N4O2S. The first-order valence-electron chi connectivity index (χ1n) is 9.11. The number of nitrogens with zero attached hydrogens (tertiary/aromatic N) is 4. The Morgan fingerprint density at radius 2 is 1.79 bits per heavy atom. The predicted octanol–water partition coefficient (Wildman–Crippen LogP) is 4.52. The molecule has 0 aliphatic carbocycles. The van der Waals surface area contributed by atoms with Crippen molar-refractivity contribution in [3.8, 4) is 5.82 Å². The van der Waals surface area contributed by atoms with Crippen molar-refractivity contribution in [1.29, 1.82) is 0 Å². The summed E-state index contributed by atoms with van der Waals surface area (Å²) in [4.78, 5) is 26.9. The number of para-hydroxylation sites is 3. The van der Waals surface area contributed by atoms with Gasteiger partial charge in [0, 0.05) is 6.20 Å². The maximum Gasteiger partial charge on any atom is 0.267 e. The summed E-state index contributed by atoms with van der Waals surface area (Å²) in [5.74, 6) is 1.58. The number of hydrogen-bond acceptors (Lipinski definition) is 6. The molecule has 0 amide bonds. The molecule has 5 rings (SSSR count). The van der Waals surface area contributed by atoms with Crippen LogP contribution in [-0.4, -0.2) is 19.5 Å². The van der Waals surface area contributed by atoms with Crippen molar-refractivity contribution in [1.82, 2.24) is 19.5 Å². The fraction of sp³-hybridized carbons (Fsp3) is 0.0909. The quantitative estimate of drug-likeness (QED) is 0.326. The lowest BCUT2D eigenvalue weighted by Crippen LogP contribution is -2.22. The molecule has 0 atom stereocenters. The van der Waals surface area contributed by atoms with Crippen molar-refractivity contribution in [2.75, 3.05) is 0 Å². The highest BCUT2D eigenvalue weighted by Gasteiger charge is 2.16. The number of pyridine rings is 1. The SMILES string of the molecule is Cc1ccnc(-n2c(SCc3nc4ccccc4o3)nc3ccccc3c2=O)c1. The van der Waals surface area contributed by atoms with Crippen LogP contribution in [0.5, 0.6) is 0 Å². The highest BCUT2D eigenvalue weighted by atomic mass is 32.2. The highest BCUT2D eigenvalue weighted by molar-refractivity contribution is 7.98. The number of rotatable bonds is 4. The molecule has 0 spiro atoms. The molecule has 0 saturated carbocycles. The second kappa shape index (κ2) is 7.18. The monoisotopic (exact) mass is 400 g/mol. The summed E-state index contributed by atoms with van der Waals surface area (Å²) in [6.45, 7) is 1.97. The standard InChI is InChI=1S/C22H16N4O2S/c1-14-10-11-23-19(12-14)26-21(27)15-6-2-3-7-16(15)25-22(26)29-13-20-24-17-8-4-5-9-18(17)28-20/h2-12H,13H2,1H3. The van der Waals surface area contributed by atoms with Crippen LogP contribution in [0.2, 0.25) is 0 Å². The normalized spacial score (nSPS) is 11.3. The van der Waals surface area contributed by atoms with Crippen LogP contribution < -0.4 is 5.56 Å². The summed E-state index contributed by atoms with van der Waals surface area (Å²) in [5, 5.41) is 1.11. The fourth-order valence-corrected chi connectivity index (χ4v) is 4.01. The third-order valence-corrected chi connectivity index (χ3v) is 5.46. The van der Waals surface area contributed by atoms with Crippen molar-refractivity contribution in [3.63, 3.8) is 0 Å². The largest absolute Gasteiger partial charge is 0.440 e. The smallest absolute Gasteiger partial charge is 0.267 e. The van der Waals surface area contributed by atoms with E-state index in [0.717, 1.165) is 16.7 Å². The zero-order valence-corrected chi connectivity index (χ0v) is 16.4. The lowest BCUT2D eigenvalue weighted by molar-refractivity contribution is 0.555. The molecule has 3 aromatic heterocycles. The summed E-state index contributed by atoms with van der Waals surface area (Å²) in [5.41, 5.74) is 3.08. The van der Waals surface area contributed by atoms with Gasteiger partial charge in [-0.3, -0.25) is 4.79 Å². The average molecular weight is 400 g/mol. The van der Waals surface area contributed by atoms with E-state index in [1.54, 1.807) is 16.8 Å². The highest BCUT2D eigenvalue weighted by Crippen LogP contribution is 2.25. The van der Waals surface area contributed by atoms with E-state index in [-0.39, 0.29) is 5.56 Å². The molecule has 0 fully saturated rings. The maximum atomic E-state index is 13.2. The minimum atomic E-state index is -0.145. The molecule has 0 unspecified atom stereocenters. The van der Waals surface area contributed by atoms with E-state index in [2.05, 4.69) is 9.97 Å². The summed E-state index contributed by atoms with van der Waals surface area (Å²) < 4.78 is 7.37. The van der Waals surface area contributed by atoms with Crippen molar-refractivity contribution in [2.45, 2.75) is 17.8 Å². The van der Waals surface area contributed by atoms with Crippen LogP contribution >= 0.6 is 11.8 Å². The minimum absolute atomic E-state index is 0.145. The summed E-state index contributed by atoms with van der Waals surface area (Å²) in [6.07, 6.45) is 1.70. The first-order valence-corrected chi connectivity index (χ1v) is 10.1. The molecule has 142 valence electrons. The van der Waals surface area contributed by atoms with Crippen LogP contribution in [0.1, 0.15) is 11.5 Å². The van der Waals surface area contributed by atoms with Crippen molar-refractivity contribution < 1.29 is 4.42 Å². The van der Waals surface area contributed by atoms with Gasteiger partial charge in [0.2, 0.25) is 5.89 Å². The van der Waals surface area contributed by atoms with E-state index in [4.69, 9.17) is 9.40 Å². The Labute approximate surface area is 170 Å². The summed E-state index contributed by atoms with van der Waals surface area (Å²) in [6, 6.07) is 18.7. The maximum absolute atomic E-state index is 13.2. The molecule has 0 aliphatic heterocycles. The van der Waals surface area contributed by atoms with E-state index in [1.165, 1.54) is 11.8 Å². The molecular weight excluding hydrogens is 384 g/mol. The van der Waals surface area contributed by atoms with Crippen molar-refractivity contribution in [3.05, 3.63) is 88.7 Å². The van der Waals surface area contributed by atoms with Gasteiger partial charge in [-0.25, -0.2) is 19.5 Å². The number of aromatic nitrogens is 4. The molecule has 29 heavy (non-hydrogen) atoms. The molecule has 2 aromatic carbocycles. The van der Waals surface area contributed by atoms with Gasteiger partial charge < -0.3 is 4.42 Å². The van der Waals surface area contributed by atoms with Crippen LogP contribution in [0.4, 0.5) is 0 Å². The van der Waals surface area contributed by atoms with Gasteiger partial charge in [-0.05, 0) is 48.9 Å². The van der Waals surface area contributed by atoms with Gasteiger partial charge >= 0.3 is 0 Å². The van der Waals surface area contributed by atoms with Gasteiger partial charge in [-0.2, -0.15) is 0 Å². The molecule has 6 nitrogen and oxygen atoms in total. The zero-order chi connectivity index (χ0) is 19.8. The summed E-state index contributed by atoms with van der Waals surface area (Å²) >= 11 is 1.40. The van der Waals surface area contributed by atoms with Crippen LogP contribution in [0, 0.1) is 6.92 Å². The molecule has 7 heteroatoms. The number of hydrogen-bond donors (Lipinski definition) is 0. The molecule has 0 aliphatic rings. The van der Waals surface area contributed by atoms with E-state index >= 15 is 0 Å². The van der Waals surface area contributed by atoms with Crippen LogP contribution in [0.25, 0.3) is 27.8 Å². The third-order valence-electron chi connectivity index (χ3n) is 4.54. The van der Waals surface area contributed by atoms with Gasteiger partial charge in [-0.1, -0.05) is 36.0 Å². The average Bonchev–Trinajstić information content (AvgIpc) is 3.15. The molecule has 0 N–H and O–H groups in total. The Kier molecular flexibility index (Phi) is 4.37. The first kappa shape index (κ1) is 17.6. The van der Waals surface area contributed by atoms with Gasteiger partial charge in [0.05, 0.1) is 16.7 Å². The van der Waals surface area contributed by atoms with Crippen molar-refractivity contribution >= 4 is 33.8 Å². The minimum Gasteiger partial charge on any atom is -0.440 e. The number of oxazole rings is 1. The van der Waals surface area contributed by atoms with Gasteiger partial charge in [-0.15, -0.1) is 0 Å². The second-order valence-corrected chi connectivity index (χ2v) is 7.55. The number of benzene rings is 2. The molecule has 0 radical (unpaired) electrons. The lowest BCUT2D eigenvalue weighted by atomic mass is 10.2. The topological polar surface area (TPSA) is 73.8 Å². The molecule has 5 aromatic rings. The number of fused-ring (bicyclic) bond motifs is 2. The molecule has 3 heterocycles. The Balaban J connectivity index is 1.61. The Hall–Kier alpha value is -3.45. The fourth-order valence-electron chi connectivity index (χ4n) is 3.16. The number of thioether (sulfide) groups is 1. The van der Waals surface area contributed by atoms with Gasteiger partial charge in [0.15, 0.2) is 10.7 Å². The zero-order valence-electron chi connectivity index (χ0n) is 15.6. The van der Waals surface area contributed by atoms with Crippen LogP contribution in [-0.2, 0) is 5.75 Å². The van der Waals surface area contributed by atoms with Crippen LogP contribution in [0.15, 0.2) is 81.2 Å².